The number of nitrogens with one attached hydrogen (secondary N) is 1. The molecule has 0 radical (unpaired) electrons. The minimum absolute atomic E-state index is 0.955. The van der Waals surface area contributed by atoms with Crippen LogP contribution in [0.5, 0.6) is 0 Å². The fourth-order valence-electron chi connectivity index (χ4n) is 3.55. The van der Waals surface area contributed by atoms with E-state index in [-0.39, 0.29) is 0 Å². The van der Waals surface area contributed by atoms with Crippen LogP contribution in [0.25, 0.3) is 10.9 Å². The quantitative estimate of drug-likeness (QED) is 0.810. The van der Waals surface area contributed by atoms with Crippen molar-refractivity contribution in [1.29, 1.82) is 0 Å². The number of para-hydroxylation sites is 1. The number of aryl methyl sites for hydroxylation is 1. The molecular formula is C19H26N2. The van der Waals surface area contributed by atoms with Crippen molar-refractivity contribution in [2.24, 2.45) is 5.92 Å². The van der Waals surface area contributed by atoms with E-state index in [4.69, 9.17) is 0 Å². The van der Waals surface area contributed by atoms with E-state index < -0.39 is 0 Å². The predicted octanol–water partition coefficient (Wildman–Crippen LogP) is 4.60. The molecule has 0 saturated heterocycles. The fraction of sp³-hybridized carbons (Fsp3) is 0.526. The first-order valence-electron chi connectivity index (χ1n) is 8.39. The topological polar surface area (TPSA) is 24.9 Å². The normalized spacial score (nSPS) is 16.4. The molecule has 21 heavy (non-hydrogen) atoms. The second-order valence-corrected chi connectivity index (χ2v) is 6.41. The molecule has 1 N–H and O–H groups in total. The lowest BCUT2D eigenvalue weighted by molar-refractivity contribution is 0.334. The Hall–Kier alpha value is -1.41. The molecular weight excluding hydrogens is 256 g/mol. The van der Waals surface area contributed by atoms with E-state index in [1.165, 1.54) is 49.5 Å². The van der Waals surface area contributed by atoms with E-state index in [1.807, 2.05) is 0 Å². The maximum Gasteiger partial charge on any atom is 0.0708 e. The zero-order valence-corrected chi connectivity index (χ0v) is 13.1. The van der Waals surface area contributed by atoms with Gasteiger partial charge in [0, 0.05) is 17.6 Å². The number of aromatic nitrogens is 1. The number of hydrogen-bond donors (Lipinski definition) is 1. The summed E-state index contributed by atoms with van der Waals surface area (Å²) in [6.07, 6.45) is 8.56. The number of nitrogens with zero attached hydrogens (tertiary/aromatic N) is 1. The molecule has 1 aromatic heterocycles. The van der Waals surface area contributed by atoms with Gasteiger partial charge in [0.25, 0.3) is 0 Å². The van der Waals surface area contributed by atoms with Crippen LogP contribution in [0.4, 0.5) is 0 Å². The molecule has 1 aliphatic rings. The van der Waals surface area contributed by atoms with Crippen LogP contribution in [0.15, 0.2) is 30.3 Å². The summed E-state index contributed by atoms with van der Waals surface area (Å²) in [5.74, 6) is 0.960. The predicted molar refractivity (Wildman–Crippen MR) is 89.4 cm³/mol. The summed E-state index contributed by atoms with van der Waals surface area (Å²) in [6.45, 7) is 4.18. The zero-order valence-electron chi connectivity index (χ0n) is 13.1. The Balaban J connectivity index is 1.57. The van der Waals surface area contributed by atoms with Gasteiger partial charge in [-0.25, -0.2) is 0 Å². The van der Waals surface area contributed by atoms with E-state index in [2.05, 4.69) is 47.6 Å². The standard InChI is InChI=1S/C19H26N2/c1-15-13-17(18-9-5-6-10-19(18)21-15)14-20-12-11-16-7-3-2-4-8-16/h5-6,9-10,13,16,20H,2-4,7-8,11-12,14H2,1H3. The first-order valence-corrected chi connectivity index (χ1v) is 8.39. The summed E-state index contributed by atoms with van der Waals surface area (Å²) in [5.41, 5.74) is 3.60. The van der Waals surface area contributed by atoms with Gasteiger partial charge in [0.15, 0.2) is 0 Å². The molecule has 0 bridgehead atoms. The lowest BCUT2D eigenvalue weighted by Crippen LogP contribution is -2.19. The fourth-order valence-corrected chi connectivity index (χ4v) is 3.55. The Bertz CT molecular complexity index is 585. The molecule has 112 valence electrons. The monoisotopic (exact) mass is 282 g/mol. The van der Waals surface area contributed by atoms with Gasteiger partial charge >= 0.3 is 0 Å². The smallest absolute Gasteiger partial charge is 0.0708 e. The molecule has 0 amide bonds. The molecule has 0 unspecified atom stereocenters. The molecule has 2 heteroatoms. The van der Waals surface area contributed by atoms with Crippen molar-refractivity contribution in [1.82, 2.24) is 10.3 Å². The lowest BCUT2D eigenvalue weighted by atomic mass is 9.87. The van der Waals surface area contributed by atoms with E-state index in [9.17, 15) is 0 Å². The summed E-state index contributed by atoms with van der Waals surface area (Å²) >= 11 is 0. The van der Waals surface area contributed by atoms with E-state index >= 15 is 0 Å². The third-order valence-electron chi connectivity index (χ3n) is 4.70. The van der Waals surface area contributed by atoms with Gasteiger partial charge in [0.2, 0.25) is 0 Å². The zero-order chi connectivity index (χ0) is 14.5. The van der Waals surface area contributed by atoms with Gasteiger partial charge in [-0.15, -0.1) is 0 Å². The number of rotatable bonds is 5. The Kier molecular flexibility index (Phi) is 4.87. The van der Waals surface area contributed by atoms with Gasteiger partial charge < -0.3 is 5.32 Å². The van der Waals surface area contributed by atoms with E-state index in [0.29, 0.717) is 0 Å². The van der Waals surface area contributed by atoms with Crippen LogP contribution in [-0.2, 0) is 6.54 Å². The highest BCUT2D eigenvalue weighted by Crippen LogP contribution is 2.25. The van der Waals surface area contributed by atoms with E-state index in [0.717, 1.165) is 30.2 Å². The van der Waals surface area contributed by atoms with Crippen molar-refractivity contribution in [2.45, 2.75) is 52.0 Å². The average Bonchev–Trinajstić information content (AvgIpc) is 2.52. The van der Waals surface area contributed by atoms with Gasteiger partial charge in [0.1, 0.15) is 0 Å². The summed E-state index contributed by atoms with van der Waals surface area (Å²) in [6, 6.07) is 10.7. The molecule has 0 atom stereocenters. The molecule has 2 aromatic rings. The highest BCUT2D eigenvalue weighted by molar-refractivity contribution is 5.82. The van der Waals surface area contributed by atoms with Gasteiger partial charge in [0.05, 0.1) is 5.52 Å². The van der Waals surface area contributed by atoms with Crippen LogP contribution < -0.4 is 5.32 Å². The summed E-state index contributed by atoms with van der Waals surface area (Å²) < 4.78 is 0. The Morgan fingerprint density at radius 3 is 2.81 bits per heavy atom. The van der Waals surface area contributed by atoms with Crippen molar-refractivity contribution in [3.63, 3.8) is 0 Å². The second-order valence-electron chi connectivity index (χ2n) is 6.41. The maximum absolute atomic E-state index is 4.61. The molecule has 1 fully saturated rings. The summed E-state index contributed by atoms with van der Waals surface area (Å²) in [7, 11) is 0. The first kappa shape index (κ1) is 14.5. The number of benzene rings is 1. The van der Waals surface area contributed by atoms with Gasteiger partial charge in [-0.1, -0.05) is 50.3 Å². The number of fused-ring (bicyclic) bond motifs is 1. The molecule has 1 heterocycles. The molecule has 2 nitrogen and oxygen atoms in total. The summed E-state index contributed by atoms with van der Waals surface area (Å²) in [5, 5.41) is 4.93. The van der Waals surface area contributed by atoms with Gasteiger partial charge in [-0.2, -0.15) is 0 Å². The molecule has 0 aliphatic heterocycles. The molecule has 1 aromatic carbocycles. The van der Waals surface area contributed by atoms with E-state index in [1.54, 1.807) is 0 Å². The average molecular weight is 282 g/mol. The highest BCUT2D eigenvalue weighted by Gasteiger charge is 2.12. The van der Waals surface area contributed by atoms with Crippen molar-refractivity contribution in [3.05, 3.63) is 41.6 Å². The second kappa shape index (κ2) is 7.04. The minimum atomic E-state index is 0.955. The van der Waals surface area contributed by atoms with Crippen LogP contribution in [0.2, 0.25) is 0 Å². The SMILES string of the molecule is Cc1cc(CNCCC2CCCCC2)c2ccccc2n1. The third kappa shape index (κ3) is 3.82. The minimum Gasteiger partial charge on any atom is -0.313 e. The van der Waals surface area contributed by atoms with Crippen molar-refractivity contribution >= 4 is 10.9 Å². The van der Waals surface area contributed by atoms with Crippen molar-refractivity contribution in [3.8, 4) is 0 Å². The number of pyridine rings is 1. The van der Waals surface area contributed by atoms with Gasteiger partial charge in [-0.3, -0.25) is 4.98 Å². The third-order valence-corrected chi connectivity index (χ3v) is 4.70. The number of hydrogen-bond acceptors (Lipinski definition) is 2. The Morgan fingerprint density at radius 2 is 1.95 bits per heavy atom. The van der Waals surface area contributed by atoms with Crippen molar-refractivity contribution in [2.75, 3.05) is 6.54 Å². The first-order chi connectivity index (χ1) is 10.3. The molecule has 1 saturated carbocycles. The van der Waals surface area contributed by atoms with Crippen LogP contribution in [0.3, 0.4) is 0 Å². The molecule has 1 aliphatic carbocycles. The van der Waals surface area contributed by atoms with Crippen molar-refractivity contribution < 1.29 is 0 Å². The highest BCUT2D eigenvalue weighted by atomic mass is 14.8. The molecule has 3 rings (SSSR count). The maximum atomic E-state index is 4.61. The largest absolute Gasteiger partial charge is 0.313 e. The Morgan fingerprint density at radius 1 is 1.14 bits per heavy atom. The van der Waals surface area contributed by atoms with Crippen LogP contribution in [0, 0.1) is 12.8 Å². The van der Waals surface area contributed by atoms with Crippen LogP contribution >= 0.6 is 0 Å². The Labute approximate surface area is 128 Å². The summed E-state index contributed by atoms with van der Waals surface area (Å²) in [4.78, 5) is 4.61. The lowest BCUT2D eigenvalue weighted by Gasteiger charge is -2.21. The van der Waals surface area contributed by atoms with Gasteiger partial charge in [-0.05, 0) is 43.5 Å². The molecule has 0 spiro atoms. The van der Waals surface area contributed by atoms with Crippen LogP contribution in [0.1, 0.15) is 49.8 Å². The van der Waals surface area contributed by atoms with Crippen LogP contribution in [-0.4, -0.2) is 11.5 Å².